The molecule has 1 aromatic rings. The minimum absolute atomic E-state index is 0.747. The van der Waals surface area contributed by atoms with E-state index < -0.39 is 0 Å². The molecular weight excluding hydrogens is 198 g/mol. The van der Waals surface area contributed by atoms with Gasteiger partial charge in [-0.3, -0.25) is 0 Å². The van der Waals surface area contributed by atoms with Gasteiger partial charge in [-0.25, -0.2) is 0 Å². The van der Waals surface area contributed by atoms with E-state index in [-0.39, 0.29) is 0 Å². The van der Waals surface area contributed by atoms with Crippen molar-refractivity contribution in [1.82, 2.24) is 10.3 Å². The van der Waals surface area contributed by atoms with E-state index in [9.17, 15) is 0 Å². The van der Waals surface area contributed by atoms with Gasteiger partial charge in [-0.2, -0.15) is 4.98 Å². The van der Waals surface area contributed by atoms with E-state index in [0.717, 1.165) is 37.2 Å². The summed E-state index contributed by atoms with van der Waals surface area (Å²) < 4.78 is 5.08. The van der Waals surface area contributed by atoms with Crippen LogP contribution in [-0.2, 0) is 0 Å². The average molecular weight is 213 g/mol. The average Bonchev–Trinajstić information content (AvgIpc) is 2.53. The van der Waals surface area contributed by atoms with Crippen molar-refractivity contribution in [2.45, 2.75) is 6.42 Å². The van der Waals surface area contributed by atoms with E-state index in [1.807, 2.05) is 0 Å². The predicted octanol–water partition coefficient (Wildman–Crippen LogP) is 0.951. The zero-order valence-electron chi connectivity index (χ0n) is 8.32. The maximum atomic E-state index is 5.08. The zero-order chi connectivity index (χ0) is 9.80. The van der Waals surface area contributed by atoms with Crippen molar-refractivity contribution in [2.24, 2.45) is 0 Å². The molecule has 4 nitrogen and oxygen atoms in total. The smallest absolute Gasteiger partial charge is 0.274 e. The number of nitrogens with zero attached hydrogens (tertiary/aromatic N) is 2. The minimum Gasteiger partial charge on any atom is -0.473 e. The second kappa shape index (κ2) is 4.61. The molecule has 0 saturated carbocycles. The third-order valence-corrected chi connectivity index (χ3v) is 3.10. The molecule has 1 fully saturated rings. The lowest BCUT2D eigenvalue weighted by molar-refractivity contribution is 0.412. The monoisotopic (exact) mass is 213 g/mol. The van der Waals surface area contributed by atoms with Crippen molar-refractivity contribution in [1.29, 1.82) is 0 Å². The highest BCUT2D eigenvalue weighted by Crippen LogP contribution is 2.24. The minimum atomic E-state index is 0.747. The Bertz CT molecular complexity index is 281. The quantitative estimate of drug-likeness (QED) is 0.793. The third kappa shape index (κ3) is 2.16. The number of anilines is 1. The molecule has 1 aliphatic heterocycles. The Labute approximate surface area is 87.9 Å². The van der Waals surface area contributed by atoms with Crippen LogP contribution in [-0.4, -0.2) is 38.3 Å². The summed E-state index contributed by atoms with van der Waals surface area (Å²) in [5.74, 6) is 1.05. The van der Waals surface area contributed by atoms with Crippen molar-refractivity contribution < 1.29 is 4.74 Å². The van der Waals surface area contributed by atoms with Crippen molar-refractivity contribution in [3.05, 3.63) is 5.38 Å². The van der Waals surface area contributed by atoms with Gasteiger partial charge >= 0.3 is 0 Å². The van der Waals surface area contributed by atoms with Crippen LogP contribution in [0.4, 0.5) is 5.82 Å². The van der Waals surface area contributed by atoms with Gasteiger partial charge in [-0.1, -0.05) is 11.3 Å². The number of ether oxygens (including phenoxy) is 1. The van der Waals surface area contributed by atoms with Crippen LogP contribution in [0.2, 0.25) is 0 Å². The van der Waals surface area contributed by atoms with Crippen LogP contribution >= 0.6 is 11.3 Å². The summed E-state index contributed by atoms with van der Waals surface area (Å²) in [7, 11) is 1.66. The lowest BCUT2D eigenvalue weighted by Crippen LogP contribution is -2.27. The Balaban J connectivity index is 2.04. The molecule has 1 saturated heterocycles. The van der Waals surface area contributed by atoms with Gasteiger partial charge in [0.1, 0.15) is 5.82 Å². The summed E-state index contributed by atoms with van der Waals surface area (Å²) in [6.07, 6.45) is 1.18. The first-order valence-electron chi connectivity index (χ1n) is 4.85. The summed E-state index contributed by atoms with van der Waals surface area (Å²) in [6, 6.07) is 0. The number of aromatic nitrogens is 1. The second-order valence-corrected chi connectivity index (χ2v) is 4.09. The normalized spacial score (nSPS) is 17.9. The molecule has 0 aliphatic carbocycles. The molecule has 0 radical (unpaired) electrons. The van der Waals surface area contributed by atoms with Crippen LogP contribution in [0.3, 0.4) is 0 Å². The Morgan fingerprint density at radius 2 is 2.43 bits per heavy atom. The van der Waals surface area contributed by atoms with Crippen LogP contribution in [0.15, 0.2) is 5.38 Å². The van der Waals surface area contributed by atoms with E-state index in [2.05, 4.69) is 20.6 Å². The molecule has 0 bridgehead atoms. The molecule has 0 unspecified atom stereocenters. The first kappa shape index (κ1) is 9.73. The van der Waals surface area contributed by atoms with Gasteiger partial charge < -0.3 is 15.0 Å². The molecule has 2 heterocycles. The lowest BCUT2D eigenvalue weighted by atomic mass is 10.4. The van der Waals surface area contributed by atoms with E-state index in [1.165, 1.54) is 6.42 Å². The summed E-state index contributed by atoms with van der Waals surface area (Å²) in [5.41, 5.74) is 0. The predicted molar refractivity (Wildman–Crippen MR) is 58.4 cm³/mol. The highest BCUT2D eigenvalue weighted by molar-refractivity contribution is 7.11. The molecule has 1 aromatic heterocycles. The molecule has 1 aliphatic rings. The highest BCUT2D eigenvalue weighted by atomic mass is 32.1. The van der Waals surface area contributed by atoms with Gasteiger partial charge in [0.05, 0.1) is 7.11 Å². The molecular formula is C9H15N3OS. The van der Waals surface area contributed by atoms with Gasteiger partial charge in [-0.05, 0) is 13.0 Å². The number of nitrogens with one attached hydrogen (secondary N) is 1. The Morgan fingerprint density at radius 3 is 3.21 bits per heavy atom. The molecule has 2 rings (SSSR count). The van der Waals surface area contributed by atoms with E-state index in [1.54, 1.807) is 18.4 Å². The number of thiazole rings is 1. The topological polar surface area (TPSA) is 37.4 Å². The van der Waals surface area contributed by atoms with Gasteiger partial charge in [0.25, 0.3) is 5.19 Å². The first-order valence-corrected chi connectivity index (χ1v) is 5.73. The Morgan fingerprint density at radius 1 is 1.50 bits per heavy atom. The summed E-state index contributed by atoms with van der Waals surface area (Å²) in [6.45, 7) is 4.27. The Hall–Kier alpha value is -0.810. The number of rotatable bonds is 2. The Kier molecular flexibility index (Phi) is 3.21. The molecule has 0 atom stereocenters. The van der Waals surface area contributed by atoms with E-state index in [4.69, 9.17) is 4.74 Å². The van der Waals surface area contributed by atoms with Gasteiger partial charge in [0.15, 0.2) is 0 Å². The van der Waals surface area contributed by atoms with Gasteiger partial charge in [0, 0.05) is 25.0 Å². The highest BCUT2D eigenvalue weighted by Gasteiger charge is 2.12. The zero-order valence-corrected chi connectivity index (χ0v) is 9.14. The third-order valence-electron chi connectivity index (χ3n) is 2.31. The number of methoxy groups -OCH3 is 1. The van der Waals surface area contributed by atoms with Gasteiger partial charge in [0.2, 0.25) is 0 Å². The van der Waals surface area contributed by atoms with Crippen LogP contribution in [0.1, 0.15) is 6.42 Å². The molecule has 5 heteroatoms. The molecule has 0 amide bonds. The van der Waals surface area contributed by atoms with Gasteiger partial charge in [-0.15, -0.1) is 0 Å². The fourth-order valence-corrected chi connectivity index (χ4v) is 2.21. The summed E-state index contributed by atoms with van der Waals surface area (Å²) in [4.78, 5) is 6.69. The van der Waals surface area contributed by atoms with Crippen molar-refractivity contribution in [3.63, 3.8) is 0 Å². The van der Waals surface area contributed by atoms with E-state index in [0.29, 0.717) is 0 Å². The van der Waals surface area contributed by atoms with E-state index >= 15 is 0 Å². The van der Waals surface area contributed by atoms with Crippen molar-refractivity contribution >= 4 is 17.2 Å². The fourth-order valence-electron chi connectivity index (χ4n) is 1.56. The maximum absolute atomic E-state index is 5.08. The lowest BCUT2D eigenvalue weighted by Gasteiger charge is -2.18. The van der Waals surface area contributed by atoms with Crippen LogP contribution in [0, 0.1) is 0 Å². The second-order valence-electron chi connectivity index (χ2n) is 3.27. The number of hydrogen-bond acceptors (Lipinski definition) is 5. The largest absolute Gasteiger partial charge is 0.473 e. The molecule has 1 N–H and O–H groups in total. The van der Waals surface area contributed by atoms with Crippen LogP contribution < -0.4 is 15.0 Å². The molecule has 0 aromatic carbocycles. The fraction of sp³-hybridized carbons (Fsp3) is 0.667. The summed E-state index contributed by atoms with van der Waals surface area (Å²) >= 11 is 1.55. The van der Waals surface area contributed by atoms with Crippen LogP contribution in [0.5, 0.6) is 5.19 Å². The molecule has 78 valence electrons. The standard InChI is InChI=1S/C9H15N3OS/c1-13-9-11-8(7-14-9)12-5-2-3-10-4-6-12/h7,10H,2-6H2,1H3. The first-order chi connectivity index (χ1) is 6.90. The SMILES string of the molecule is COc1nc(N2CCCNCC2)cs1. The molecule has 14 heavy (non-hydrogen) atoms. The van der Waals surface area contributed by atoms with Crippen LogP contribution in [0.25, 0.3) is 0 Å². The number of hydrogen-bond donors (Lipinski definition) is 1. The maximum Gasteiger partial charge on any atom is 0.274 e. The molecule has 0 spiro atoms. The van der Waals surface area contributed by atoms with Crippen molar-refractivity contribution in [3.8, 4) is 5.19 Å². The van der Waals surface area contributed by atoms with Crippen molar-refractivity contribution in [2.75, 3.05) is 38.2 Å². The summed E-state index contributed by atoms with van der Waals surface area (Å²) in [5, 5.41) is 6.18.